The number of methoxy groups -OCH3 is 1. The van der Waals surface area contributed by atoms with Gasteiger partial charge in [0.1, 0.15) is 23.8 Å². The summed E-state index contributed by atoms with van der Waals surface area (Å²) in [5, 5.41) is 22.2. The molecule has 1 aliphatic rings. The van der Waals surface area contributed by atoms with Gasteiger partial charge in [0.2, 0.25) is 0 Å². The highest BCUT2D eigenvalue weighted by atomic mass is 19.1. The molecule has 5 rings (SSSR count). The van der Waals surface area contributed by atoms with Crippen molar-refractivity contribution >= 4 is 16.7 Å². The average Bonchev–Trinajstić information content (AvgIpc) is 3.39. The highest BCUT2D eigenvalue weighted by Gasteiger charge is 2.39. The van der Waals surface area contributed by atoms with Gasteiger partial charge in [-0.1, -0.05) is 5.16 Å². The SMILES string of the molecule is COCCOc1cc2[nH]nc(-c3cc(-c4ccc(N5CCC5C(C)(C)O)nc4)no3)c2cc1F. The van der Waals surface area contributed by atoms with Gasteiger partial charge in [-0.3, -0.25) is 5.10 Å². The Labute approximate surface area is 195 Å². The van der Waals surface area contributed by atoms with Crippen LogP contribution in [0.1, 0.15) is 20.3 Å². The zero-order chi connectivity index (χ0) is 23.9. The molecule has 1 unspecified atom stereocenters. The van der Waals surface area contributed by atoms with Crippen LogP contribution in [0.25, 0.3) is 33.6 Å². The molecule has 4 aromatic rings. The number of H-pyrrole nitrogens is 1. The predicted octanol–water partition coefficient (Wildman–Crippen LogP) is 3.79. The van der Waals surface area contributed by atoms with Crippen molar-refractivity contribution in [3.05, 3.63) is 42.3 Å². The maximum Gasteiger partial charge on any atom is 0.188 e. The summed E-state index contributed by atoms with van der Waals surface area (Å²) in [5.74, 6) is 0.838. The fourth-order valence-corrected chi connectivity index (χ4v) is 4.18. The second-order valence-corrected chi connectivity index (χ2v) is 8.87. The third-order valence-corrected chi connectivity index (χ3v) is 6.08. The Morgan fingerprint density at radius 1 is 1.26 bits per heavy atom. The van der Waals surface area contributed by atoms with E-state index in [-0.39, 0.29) is 18.4 Å². The maximum absolute atomic E-state index is 14.5. The van der Waals surface area contributed by atoms with Gasteiger partial charge in [0.15, 0.2) is 17.3 Å². The van der Waals surface area contributed by atoms with Crippen LogP contribution in [0, 0.1) is 5.82 Å². The Balaban J connectivity index is 1.36. The lowest BCUT2D eigenvalue weighted by Crippen LogP contribution is -2.59. The summed E-state index contributed by atoms with van der Waals surface area (Å²) in [5.41, 5.74) is 1.65. The van der Waals surface area contributed by atoms with Crippen LogP contribution in [-0.4, -0.2) is 64.0 Å². The molecule has 178 valence electrons. The van der Waals surface area contributed by atoms with Crippen molar-refractivity contribution in [1.82, 2.24) is 20.3 Å². The second-order valence-electron chi connectivity index (χ2n) is 8.87. The minimum absolute atomic E-state index is 0.0451. The first-order valence-corrected chi connectivity index (χ1v) is 11.1. The molecule has 1 aliphatic heterocycles. The monoisotopic (exact) mass is 467 g/mol. The van der Waals surface area contributed by atoms with E-state index in [1.807, 2.05) is 26.0 Å². The van der Waals surface area contributed by atoms with Crippen LogP contribution < -0.4 is 9.64 Å². The Morgan fingerprint density at radius 2 is 2.12 bits per heavy atom. The lowest BCUT2D eigenvalue weighted by atomic mass is 9.88. The summed E-state index contributed by atoms with van der Waals surface area (Å²) in [6, 6.07) is 8.54. The van der Waals surface area contributed by atoms with Crippen molar-refractivity contribution in [2.45, 2.75) is 31.9 Å². The van der Waals surface area contributed by atoms with Crippen LogP contribution in [-0.2, 0) is 4.74 Å². The van der Waals surface area contributed by atoms with Crippen molar-refractivity contribution in [3.63, 3.8) is 0 Å². The normalized spacial score (nSPS) is 16.1. The molecular formula is C24H26FN5O4. The van der Waals surface area contributed by atoms with E-state index in [0.29, 0.717) is 34.7 Å². The van der Waals surface area contributed by atoms with Gasteiger partial charge in [0.05, 0.1) is 23.8 Å². The Kier molecular flexibility index (Phi) is 5.70. The molecule has 0 spiro atoms. The number of aliphatic hydroxyl groups is 1. The van der Waals surface area contributed by atoms with E-state index in [1.165, 1.54) is 6.07 Å². The first-order valence-electron chi connectivity index (χ1n) is 11.1. The van der Waals surface area contributed by atoms with Gasteiger partial charge in [0, 0.05) is 42.9 Å². The zero-order valence-corrected chi connectivity index (χ0v) is 19.2. The van der Waals surface area contributed by atoms with Gasteiger partial charge < -0.3 is 24.0 Å². The zero-order valence-electron chi connectivity index (χ0n) is 19.2. The van der Waals surface area contributed by atoms with Gasteiger partial charge in [-0.25, -0.2) is 9.37 Å². The van der Waals surface area contributed by atoms with Crippen LogP contribution >= 0.6 is 0 Å². The first-order chi connectivity index (χ1) is 16.3. The van der Waals surface area contributed by atoms with Crippen LogP contribution in [0.3, 0.4) is 0 Å². The molecule has 3 aromatic heterocycles. The molecule has 1 aromatic carbocycles. The number of nitrogens with one attached hydrogen (secondary N) is 1. The molecule has 1 saturated heterocycles. The number of nitrogens with zero attached hydrogens (tertiary/aromatic N) is 4. The maximum atomic E-state index is 14.5. The molecule has 1 atom stereocenters. The number of fused-ring (bicyclic) bond motifs is 1. The third kappa shape index (κ3) is 4.10. The summed E-state index contributed by atoms with van der Waals surface area (Å²) < 4.78 is 30.4. The number of aromatic amines is 1. The minimum atomic E-state index is -0.789. The van der Waals surface area contributed by atoms with E-state index in [1.54, 1.807) is 25.4 Å². The number of benzene rings is 1. The molecule has 2 N–H and O–H groups in total. The molecule has 9 nitrogen and oxygen atoms in total. The summed E-state index contributed by atoms with van der Waals surface area (Å²) in [6.45, 7) is 5.09. The van der Waals surface area contributed by atoms with E-state index in [2.05, 4.69) is 25.2 Å². The fourth-order valence-electron chi connectivity index (χ4n) is 4.18. The Bertz CT molecular complexity index is 1300. The van der Waals surface area contributed by atoms with Gasteiger partial charge in [-0.15, -0.1) is 0 Å². The van der Waals surface area contributed by atoms with Crippen molar-refractivity contribution in [3.8, 4) is 28.5 Å². The second kappa shape index (κ2) is 8.69. The number of rotatable bonds is 8. The van der Waals surface area contributed by atoms with E-state index in [4.69, 9.17) is 14.0 Å². The van der Waals surface area contributed by atoms with Crippen LogP contribution in [0.2, 0.25) is 0 Å². The van der Waals surface area contributed by atoms with Crippen molar-refractivity contribution in [1.29, 1.82) is 0 Å². The summed E-state index contributed by atoms with van der Waals surface area (Å²) in [6.07, 6.45) is 2.65. The van der Waals surface area contributed by atoms with Gasteiger partial charge in [-0.2, -0.15) is 5.10 Å². The average molecular weight is 468 g/mol. The Morgan fingerprint density at radius 3 is 2.79 bits per heavy atom. The summed E-state index contributed by atoms with van der Waals surface area (Å²) in [4.78, 5) is 6.65. The lowest BCUT2D eigenvalue weighted by molar-refractivity contribution is 0.0290. The molecule has 0 aliphatic carbocycles. The quantitative estimate of drug-likeness (QED) is 0.377. The number of hydrogen-bond acceptors (Lipinski definition) is 8. The van der Waals surface area contributed by atoms with Crippen molar-refractivity contribution in [2.75, 3.05) is 31.8 Å². The third-order valence-electron chi connectivity index (χ3n) is 6.08. The number of ether oxygens (including phenoxy) is 2. The van der Waals surface area contributed by atoms with E-state index in [9.17, 15) is 9.50 Å². The first kappa shape index (κ1) is 22.3. The molecule has 0 radical (unpaired) electrons. The summed E-state index contributed by atoms with van der Waals surface area (Å²) >= 11 is 0. The highest BCUT2D eigenvalue weighted by Crippen LogP contribution is 2.34. The van der Waals surface area contributed by atoms with Crippen molar-refractivity contribution in [2.24, 2.45) is 0 Å². The predicted molar refractivity (Wildman–Crippen MR) is 124 cm³/mol. The van der Waals surface area contributed by atoms with Gasteiger partial charge in [0.25, 0.3) is 0 Å². The smallest absolute Gasteiger partial charge is 0.188 e. The number of aromatic nitrogens is 4. The molecule has 0 amide bonds. The minimum Gasteiger partial charge on any atom is -0.488 e. The molecule has 1 fully saturated rings. The van der Waals surface area contributed by atoms with E-state index >= 15 is 0 Å². The summed E-state index contributed by atoms with van der Waals surface area (Å²) in [7, 11) is 1.56. The number of halogens is 1. The molecular weight excluding hydrogens is 441 g/mol. The number of hydrogen-bond donors (Lipinski definition) is 2. The fraction of sp³-hybridized carbons (Fsp3) is 0.375. The van der Waals surface area contributed by atoms with E-state index in [0.717, 1.165) is 24.3 Å². The molecule has 10 heteroatoms. The topological polar surface area (TPSA) is 110 Å². The van der Waals surface area contributed by atoms with Crippen LogP contribution in [0.4, 0.5) is 10.2 Å². The largest absolute Gasteiger partial charge is 0.488 e. The highest BCUT2D eigenvalue weighted by molar-refractivity contribution is 5.92. The number of pyridine rings is 1. The van der Waals surface area contributed by atoms with E-state index < -0.39 is 11.4 Å². The van der Waals surface area contributed by atoms with Crippen LogP contribution in [0.15, 0.2) is 41.1 Å². The van der Waals surface area contributed by atoms with Gasteiger partial charge in [-0.05, 0) is 38.5 Å². The molecule has 0 bridgehead atoms. The number of anilines is 1. The standard InChI is InChI=1S/C24H26FN5O4/c1-24(2,31)21-6-7-30(21)22-5-4-14(13-26-22)17-11-20(34-29-17)23-15-10-16(25)19(33-9-8-32-3)12-18(15)27-28-23/h4-5,10-13,21,31H,6-9H2,1-3H3,(H,27,28). The van der Waals surface area contributed by atoms with Gasteiger partial charge >= 0.3 is 0 Å². The van der Waals surface area contributed by atoms with Crippen molar-refractivity contribution < 1.29 is 23.5 Å². The molecule has 34 heavy (non-hydrogen) atoms. The Hall–Kier alpha value is -3.50. The lowest BCUT2D eigenvalue weighted by Gasteiger charge is -2.48. The van der Waals surface area contributed by atoms with Crippen LogP contribution in [0.5, 0.6) is 5.75 Å². The molecule has 4 heterocycles. The molecule has 0 saturated carbocycles.